The number of para-hydroxylation sites is 1. The number of carboxylic acids is 1. The molecule has 0 saturated heterocycles. The number of carbonyl (C=O) groups is 1. The van der Waals surface area contributed by atoms with Gasteiger partial charge in [0.25, 0.3) is 0 Å². The van der Waals surface area contributed by atoms with Crippen LogP contribution in [0.25, 0.3) is 5.69 Å². The zero-order chi connectivity index (χ0) is 13.1. The first-order chi connectivity index (χ1) is 8.67. The molecule has 0 amide bonds. The summed E-state index contributed by atoms with van der Waals surface area (Å²) < 4.78 is 6.62. The molecule has 1 heterocycles. The number of aromatic nitrogens is 2. The Labute approximate surface area is 103 Å². The summed E-state index contributed by atoms with van der Waals surface area (Å²) in [5, 5.41) is 17.9. The van der Waals surface area contributed by atoms with Gasteiger partial charge in [-0.3, -0.25) is 0 Å². The van der Waals surface area contributed by atoms with E-state index in [0.717, 1.165) is 0 Å². The quantitative estimate of drug-likeness (QED) is 0.881. The second-order valence-corrected chi connectivity index (χ2v) is 3.44. The SMILES string of the molecule is COc1cccc(C#N)c1-n1cnc(C(=O)O)c1. The number of imidazole rings is 1. The topological polar surface area (TPSA) is 88.1 Å². The van der Waals surface area contributed by atoms with Crippen molar-refractivity contribution in [1.29, 1.82) is 5.26 Å². The minimum absolute atomic E-state index is 0.0928. The number of nitrogens with zero attached hydrogens (tertiary/aromatic N) is 3. The van der Waals surface area contributed by atoms with Gasteiger partial charge >= 0.3 is 5.97 Å². The molecule has 0 aliphatic heterocycles. The van der Waals surface area contributed by atoms with E-state index in [9.17, 15) is 4.79 Å². The third-order valence-corrected chi connectivity index (χ3v) is 2.40. The number of ether oxygens (including phenoxy) is 1. The lowest BCUT2D eigenvalue weighted by molar-refractivity contribution is 0.0691. The van der Waals surface area contributed by atoms with Gasteiger partial charge in [0.05, 0.1) is 12.7 Å². The minimum atomic E-state index is -1.12. The molecule has 0 unspecified atom stereocenters. The number of hydrogen-bond acceptors (Lipinski definition) is 4. The number of aromatic carboxylic acids is 1. The zero-order valence-electron chi connectivity index (χ0n) is 9.49. The Balaban J connectivity index is 2.62. The van der Waals surface area contributed by atoms with Crippen LogP contribution in [-0.4, -0.2) is 27.7 Å². The molecule has 0 bridgehead atoms. The van der Waals surface area contributed by atoms with Gasteiger partial charge < -0.3 is 14.4 Å². The molecule has 1 aromatic heterocycles. The number of benzene rings is 1. The van der Waals surface area contributed by atoms with E-state index in [1.54, 1.807) is 18.2 Å². The van der Waals surface area contributed by atoms with E-state index < -0.39 is 5.97 Å². The minimum Gasteiger partial charge on any atom is -0.495 e. The van der Waals surface area contributed by atoms with Crippen LogP contribution in [0.3, 0.4) is 0 Å². The number of rotatable bonds is 3. The highest BCUT2D eigenvalue weighted by Gasteiger charge is 2.14. The maximum atomic E-state index is 10.8. The fourth-order valence-corrected chi connectivity index (χ4v) is 1.60. The highest BCUT2D eigenvalue weighted by Crippen LogP contribution is 2.26. The summed E-state index contributed by atoms with van der Waals surface area (Å²) in [4.78, 5) is 14.5. The lowest BCUT2D eigenvalue weighted by Crippen LogP contribution is -2.00. The Hall–Kier alpha value is -2.81. The lowest BCUT2D eigenvalue weighted by atomic mass is 10.2. The van der Waals surface area contributed by atoms with Gasteiger partial charge in [0.1, 0.15) is 23.8 Å². The van der Waals surface area contributed by atoms with Crippen molar-refractivity contribution in [2.75, 3.05) is 7.11 Å². The van der Waals surface area contributed by atoms with Crippen molar-refractivity contribution in [3.63, 3.8) is 0 Å². The largest absolute Gasteiger partial charge is 0.495 e. The molecule has 0 fully saturated rings. The maximum Gasteiger partial charge on any atom is 0.356 e. The molecule has 0 atom stereocenters. The highest BCUT2D eigenvalue weighted by atomic mass is 16.5. The molecule has 90 valence electrons. The van der Waals surface area contributed by atoms with Crippen molar-refractivity contribution < 1.29 is 14.6 Å². The van der Waals surface area contributed by atoms with Gasteiger partial charge in [0, 0.05) is 6.20 Å². The number of carboxylic acid groups (broad SMARTS) is 1. The van der Waals surface area contributed by atoms with Crippen LogP contribution in [0.15, 0.2) is 30.7 Å². The first-order valence-electron chi connectivity index (χ1n) is 5.02. The second-order valence-electron chi connectivity index (χ2n) is 3.44. The summed E-state index contributed by atoms with van der Waals surface area (Å²) in [6.07, 6.45) is 2.67. The predicted molar refractivity (Wildman–Crippen MR) is 61.8 cm³/mol. The standard InChI is InChI=1S/C12H9N3O3/c1-18-10-4-2-3-8(5-13)11(10)15-6-9(12(16)17)14-7-15/h2-4,6-7H,1H3,(H,16,17). The Bertz CT molecular complexity index is 640. The fourth-order valence-electron chi connectivity index (χ4n) is 1.60. The highest BCUT2D eigenvalue weighted by molar-refractivity contribution is 5.85. The molecule has 6 heteroatoms. The monoisotopic (exact) mass is 243 g/mol. The first-order valence-corrected chi connectivity index (χ1v) is 5.02. The van der Waals surface area contributed by atoms with Crippen LogP contribution in [0.2, 0.25) is 0 Å². The Morgan fingerprint density at radius 3 is 2.89 bits per heavy atom. The van der Waals surface area contributed by atoms with Crippen LogP contribution in [-0.2, 0) is 0 Å². The van der Waals surface area contributed by atoms with Crippen LogP contribution >= 0.6 is 0 Å². The van der Waals surface area contributed by atoms with Crippen molar-refractivity contribution >= 4 is 5.97 Å². The third kappa shape index (κ3) is 1.89. The van der Waals surface area contributed by atoms with Crippen molar-refractivity contribution in [2.24, 2.45) is 0 Å². The number of nitriles is 1. The molecule has 0 radical (unpaired) electrons. The van der Waals surface area contributed by atoms with Crippen LogP contribution in [0.1, 0.15) is 16.1 Å². The smallest absolute Gasteiger partial charge is 0.356 e. The molecule has 6 nitrogen and oxygen atoms in total. The van der Waals surface area contributed by atoms with Crippen LogP contribution in [0, 0.1) is 11.3 Å². The summed E-state index contributed by atoms with van der Waals surface area (Å²) in [5.41, 5.74) is 0.760. The van der Waals surface area contributed by atoms with E-state index in [-0.39, 0.29) is 5.69 Å². The van der Waals surface area contributed by atoms with E-state index in [1.807, 2.05) is 6.07 Å². The molecular formula is C12H9N3O3. The van der Waals surface area contributed by atoms with Gasteiger partial charge in [0.2, 0.25) is 0 Å². The summed E-state index contributed by atoms with van der Waals surface area (Å²) >= 11 is 0. The molecule has 18 heavy (non-hydrogen) atoms. The van der Waals surface area contributed by atoms with E-state index in [2.05, 4.69) is 4.98 Å². The predicted octanol–water partition coefficient (Wildman–Crippen LogP) is 1.45. The van der Waals surface area contributed by atoms with Crippen LogP contribution in [0.4, 0.5) is 0 Å². The number of methoxy groups -OCH3 is 1. The molecular weight excluding hydrogens is 234 g/mol. The van der Waals surface area contributed by atoms with Crippen molar-refractivity contribution in [3.8, 4) is 17.5 Å². The normalized spacial score (nSPS) is 9.78. The molecule has 0 aliphatic carbocycles. The van der Waals surface area contributed by atoms with Crippen molar-refractivity contribution in [1.82, 2.24) is 9.55 Å². The molecule has 0 saturated carbocycles. The van der Waals surface area contributed by atoms with E-state index >= 15 is 0 Å². The third-order valence-electron chi connectivity index (χ3n) is 2.40. The maximum absolute atomic E-state index is 10.8. The Morgan fingerprint density at radius 1 is 1.56 bits per heavy atom. The van der Waals surface area contributed by atoms with E-state index in [4.69, 9.17) is 15.1 Å². The molecule has 2 rings (SSSR count). The van der Waals surface area contributed by atoms with Gasteiger partial charge in [-0.15, -0.1) is 0 Å². The van der Waals surface area contributed by atoms with E-state index in [0.29, 0.717) is 17.0 Å². The molecule has 1 aromatic carbocycles. The van der Waals surface area contributed by atoms with Gasteiger partial charge in [-0.2, -0.15) is 5.26 Å². The Kier molecular flexibility index (Phi) is 2.98. The summed E-state index contributed by atoms with van der Waals surface area (Å²) in [6, 6.07) is 7.04. The average Bonchev–Trinajstić information content (AvgIpc) is 2.87. The van der Waals surface area contributed by atoms with Gasteiger partial charge in [-0.1, -0.05) is 6.07 Å². The van der Waals surface area contributed by atoms with Crippen molar-refractivity contribution in [3.05, 3.63) is 42.0 Å². The summed E-state index contributed by atoms with van der Waals surface area (Å²) in [7, 11) is 1.48. The molecule has 1 N–H and O–H groups in total. The van der Waals surface area contributed by atoms with Gasteiger partial charge in [0.15, 0.2) is 5.69 Å². The molecule has 0 aliphatic rings. The van der Waals surface area contributed by atoms with Crippen LogP contribution < -0.4 is 4.74 Å². The summed E-state index contributed by atoms with van der Waals surface area (Å²) in [6.45, 7) is 0. The lowest BCUT2D eigenvalue weighted by Gasteiger charge is -2.10. The van der Waals surface area contributed by atoms with Crippen LogP contribution in [0.5, 0.6) is 5.75 Å². The fraction of sp³-hybridized carbons (Fsp3) is 0.0833. The summed E-state index contributed by atoms with van der Waals surface area (Å²) in [5.74, 6) is -0.648. The van der Waals surface area contributed by atoms with Gasteiger partial charge in [-0.25, -0.2) is 9.78 Å². The molecule has 0 spiro atoms. The second kappa shape index (κ2) is 4.59. The first kappa shape index (κ1) is 11.7. The zero-order valence-corrected chi connectivity index (χ0v) is 9.49. The number of hydrogen-bond donors (Lipinski definition) is 1. The molecule has 2 aromatic rings. The van der Waals surface area contributed by atoms with E-state index in [1.165, 1.54) is 24.2 Å². The average molecular weight is 243 g/mol. The van der Waals surface area contributed by atoms with Gasteiger partial charge in [-0.05, 0) is 12.1 Å². The van der Waals surface area contributed by atoms with Crippen molar-refractivity contribution in [2.45, 2.75) is 0 Å². The Morgan fingerprint density at radius 2 is 2.33 bits per heavy atom.